The van der Waals surface area contributed by atoms with Crippen molar-refractivity contribution in [3.05, 3.63) is 5.82 Å². The maximum Gasteiger partial charge on any atom is 0.346 e. The van der Waals surface area contributed by atoms with Gasteiger partial charge in [0, 0.05) is 12.8 Å². The van der Waals surface area contributed by atoms with Gasteiger partial charge in [-0.3, -0.25) is 0 Å². The van der Waals surface area contributed by atoms with Crippen LogP contribution < -0.4 is 0 Å². The Bertz CT molecular complexity index is 283. The van der Waals surface area contributed by atoms with Gasteiger partial charge in [-0.15, -0.1) is 5.10 Å². The summed E-state index contributed by atoms with van der Waals surface area (Å²) in [6, 6.07) is -2.89. The summed E-state index contributed by atoms with van der Waals surface area (Å²) in [5, 5.41) is 10.0. The molecule has 0 spiro atoms. The normalized spacial score (nSPS) is 21.5. The summed E-state index contributed by atoms with van der Waals surface area (Å²) in [6.45, 7) is 0. The molecular formula is C6H8F2N4. The van der Waals surface area contributed by atoms with Gasteiger partial charge in [0.05, 0.1) is 0 Å². The van der Waals surface area contributed by atoms with Crippen molar-refractivity contribution in [2.75, 3.05) is 0 Å². The molecule has 6 heteroatoms. The number of fused-ring (bicyclic) bond motifs is 1. The van der Waals surface area contributed by atoms with Gasteiger partial charge in [-0.2, -0.15) is 13.5 Å². The van der Waals surface area contributed by atoms with Gasteiger partial charge in [-0.05, 0) is 23.3 Å². The third-order valence-corrected chi connectivity index (χ3v) is 1.97. The predicted molar refractivity (Wildman–Crippen MR) is 35.6 cm³/mol. The van der Waals surface area contributed by atoms with Crippen LogP contribution in [0.5, 0.6) is 0 Å². The zero-order chi connectivity index (χ0) is 8.60. The molecule has 2 heterocycles. The highest BCUT2D eigenvalue weighted by atomic mass is 19.3. The summed E-state index contributed by atoms with van der Waals surface area (Å²) in [7, 11) is 0. The van der Waals surface area contributed by atoms with Gasteiger partial charge in [0.2, 0.25) is 0 Å². The zero-order valence-electron chi connectivity index (χ0n) is 6.37. The molecule has 1 aromatic heterocycles. The second-order valence-electron chi connectivity index (χ2n) is 2.88. The van der Waals surface area contributed by atoms with Crippen molar-refractivity contribution < 1.29 is 8.78 Å². The lowest BCUT2D eigenvalue weighted by Crippen LogP contribution is -2.24. The summed E-state index contributed by atoms with van der Waals surface area (Å²) in [5.41, 5.74) is 0. The Hall–Kier alpha value is -1.07. The van der Waals surface area contributed by atoms with Crippen molar-refractivity contribution in [1.29, 1.82) is 0 Å². The van der Waals surface area contributed by atoms with Crippen LogP contribution in [0.2, 0.25) is 0 Å². The van der Waals surface area contributed by atoms with Crippen LogP contribution >= 0.6 is 0 Å². The summed E-state index contributed by atoms with van der Waals surface area (Å²) in [4.78, 5) is 0. The van der Waals surface area contributed by atoms with Gasteiger partial charge in [0.15, 0.2) is 5.82 Å². The van der Waals surface area contributed by atoms with E-state index in [1.54, 1.807) is 0 Å². The average molecular weight is 174 g/mol. The minimum Gasteiger partial charge on any atom is -0.181 e. The van der Waals surface area contributed by atoms with Crippen LogP contribution in [0, 0.1) is 0 Å². The Morgan fingerprint density at radius 3 is 3.00 bits per heavy atom. The van der Waals surface area contributed by atoms with E-state index in [2.05, 4.69) is 15.5 Å². The Kier molecular flexibility index (Phi) is 1.55. The number of alkyl halides is 2. The molecule has 0 aromatic carbocycles. The largest absolute Gasteiger partial charge is 0.346 e. The zero-order valence-corrected chi connectivity index (χ0v) is 6.37. The van der Waals surface area contributed by atoms with Crippen LogP contribution in [0.3, 0.4) is 0 Å². The minimum absolute atomic E-state index is 0.162. The van der Waals surface area contributed by atoms with Crippen LogP contribution in [-0.2, 0) is 12.5 Å². The number of aryl methyl sites for hydroxylation is 1. The summed E-state index contributed by atoms with van der Waals surface area (Å²) >= 11 is 0. The molecular weight excluding hydrogens is 166 g/mol. The van der Waals surface area contributed by atoms with Crippen LogP contribution in [-0.4, -0.2) is 20.2 Å². The Labute approximate surface area is 67.6 Å². The first-order chi connectivity index (χ1) is 5.70. The molecule has 66 valence electrons. The molecule has 0 atom stereocenters. The molecule has 1 aliphatic rings. The Morgan fingerprint density at radius 2 is 2.17 bits per heavy atom. The van der Waals surface area contributed by atoms with Gasteiger partial charge in [0.25, 0.3) is 0 Å². The maximum absolute atomic E-state index is 13.1. The smallest absolute Gasteiger partial charge is 0.181 e. The molecule has 0 N–H and O–H groups in total. The van der Waals surface area contributed by atoms with Crippen molar-refractivity contribution in [1.82, 2.24) is 20.2 Å². The fourth-order valence-corrected chi connectivity index (χ4v) is 1.34. The van der Waals surface area contributed by atoms with Crippen LogP contribution in [0.15, 0.2) is 0 Å². The number of hydrogen-bond acceptors (Lipinski definition) is 3. The molecule has 1 aromatic rings. The van der Waals surface area contributed by atoms with Crippen LogP contribution in [0.25, 0.3) is 0 Å². The maximum atomic E-state index is 13.1. The SMILES string of the molecule is FC1(F)CCCCc2nnnn21. The van der Waals surface area contributed by atoms with Crippen molar-refractivity contribution in [2.45, 2.75) is 31.7 Å². The lowest BCUT2D eigenvalue weighted by molar-refractivity contribution is -0.101. The lowest BCUT2D eigenvalue weighted by Gasteiger charge is -2.13. The third kappa shape index (κ3) is 1.07. The highest BCUT2D eigenvalue weighted by molar-refractivity contribution is 4.87. The summed E-state index contributed by atoms with van der Waals surface area (Å²) in [6.07, 6.45) is 1.63. The second-order valence-corrected chi connectivity index (χ2v) is 2.88. The fraction of sp³-hybridized carbons (Fsp3) is 0.833. The molecule has 2 rings (SSSR count). The number of rotatable bonds is 0. The first-order valence-electron chi connectivity index (χ1n) is 3.86. The van der Waals surface area contributed by atoms with E-state index in [-0.39, 0.29) is 12.2 Å². The van der Waals surface area contributed by atoms with E-state index >= 15 is 0 Å². The topological polar surface area (TPSA) is 43.6 Å². The molecule has 0 saturated heterocycles. The Balaban J connectivity index is 2.43. The van der Waals surface area contributed by atoms with E-state index in [9.17, 15) is 8.78 Å². The number of hydrogen-bond donors (Lipinski definition) is 0. The monoisotopic (exact) mass is 174 g/mol. The molecule has 0 unspecified atom stereocenters. The number of aromatic nitrogens is 4. The van der Waals surface area contributed by atoms with E-state index in [1.807, 2.05) is 0 Å². The Morgan fingerprint density at radius 1 is 1.33 bits per heavy atom. The first-order valence-corrected chi connectivity index (χ1v) is 3.86. The molecule has 0 aliphatic carbocycles. The van der Waals surface area contributed by atoms with Gasteiger partial charge in [-0.25, -0.2) is 0 Å². The summed E-state index contributed by atoms with van der Waals surface area (Å²) in [5.74, 6) is 0.289. The van der Waals surface area contributed by atoms with Crippen LogP contribution in [0.1, 0.15) is 25.1 Å². The minimum atomic E-state index is -2.89. The van der Waals surface area contributed by atoms with Crippen molar-refractivity contribution in [3.63, 3.8) is 0 Å². The number of tetrazole rings is 1. The van der Waals surface area contributed by atoms with Gasteiger partial charge in [0.1, 0.15) is 0 Å². The molecule has 0 fully saturated rings. The van der Waals surface area contributed by atoms with E-state index < -0.39 is 6.05 Å². The first kappa shape index (κ1) is 7.57. The molecule has 1 aliphatic heterocycles. The number of nitrogens with zero attached hydrogens (tertiary/aromatic N) is 4. The van der Waals surface area contributed by atoms with Crippen molar-refractivity contribution in [3.8, 4) is 0 Å². The number of halogens is 2. The highest BCUT2D eigenvalue weighted by Crippen LogP contribution is 2.30. The lowest BCUT2D eigenvalue weighted by atomic mass is 10.2. The van der Waals surface area contributed by atoms with Crippen molar-refractivity contribution >= 4 is 0 Å². The van der Waals surface area contributed by atoms with E-state index in [4.69, 9.17) is 0 Å². The van der Waals surface area contributed by atoms with E-state index in [0.717, 1.165) is 6.42 Å². The molecule has 0 amide bonds. The van der Waals surface area contributed by atoms with Crippen molar-refractivity contribution in [2.24, 2.45) is 0 Å². The molecule has 12 heavy (non-hydrogen) atoms. The fourth-order valence-electron chi connectivity index (χ4n) is 1.34. The standard InChI is InChI=1S/C6H8F2N4/c7-6(8)4-2-1-3-5-9-10-11-12(5)6/h1-4H2. The second kappa shape index (κ2) is 2.46. The molecule has 4 nitrogen and oxygen atoms in total. The molecule has 0 bridgehead atoms. The average Bonchev–Trinajstić information content (AvgIpc) is 2.42. The van der Waals surface area contributed by atoms with Crippen LogP contribution in [0.4, 0.5) is 8.78 Å². The summed E-state index contributed by atoms with van der Waals surface area (Å²) < 4.78 is 26.9. The quantitative estimate of drug-likeness (QED) is 0.588. The predicted octanol–water partition coefficient (Wildman–Crippen LogP) is 0.949. The van der Waals surface area contributed by atoms with Gasteiger partial charge >= 0.3 is 6.05 Å². The molecule has 0 radical (unpaired) electrons. The van der Waals surface area contributed by atoms with Gasteiger partial charge in [-0.1, -0.05) is 0 Å². The van der Waals surface area contributed by atoms with Gasteiger partial charge < -0.3 is 0 Å². The third-order valence-electron chi connectivity index (χ3n) is 1.97. The van der Waals surface area contributed by atoms with E-state index in [0.29, 0.717) is 17.5 Å². The molecule has 0 saturated carbocycles. The highest BCUT2D eigenvalue weighted by Gasteiger charge is 2.36. The van der Waals surface area contributed by atoms with E-state index in [1.165, 1.54) is 0 Å².